The van der Waals surface area contributed by atoms with Crippen molar-refractivity contribution in [2.45, 2.75) is 12.6 Å². The number of hydrogen-bond donors (Lipinski definition) is 3. The molecule has 18 heavy (non-hydrogen) atoms. The van der Waals surface area contributed by atoms with E-state index in [2.05, 4.69) is 26.7 Å². The molecule has 0 bridgehead atoms. The van der Waals surface area contributed by atoms with Gasteiger partial charge in [-0.3, -0.25) is 0 Å². The van der Waals surface area contributed by atoms with E-state index in [1.165, 1.54) is 0 Å². The van der Waals surface area contributed by atoms with Crippen molar-refractivity contribution in [3.8, 4) is 6.07 Å². The molecule has 0 aliphatic carbocycles. The van der Waals surface area contributed by atoms with Gasteiger partial charge in [-0.05, 0) is 14.1 Å². The third kappa shape index (κ3) is 2.55. The quantitative estimate of drug-likeness (QED) is 0.637. The third-order valence-corrected chi connectivity index (χ3v) is 2.98. The van der Waals surface area contributed by atoms with Gasteiger partial charge in [0.15, 0.2) is 5.82 Å². The van der Waals surface area contributed by atoms with Crippen molar-refractivity contribution in [1.29, 1.82) is 5.26 Å². The zero-order valence-electron chi connectivity index (χ0n) is 10.8. The summed E-state index contributed by atoms with van der Waals surface area (Å²) in [6, 6.07) is 2.46. The summed E-state index contributed by atoms with van der Waals surface area (Å²) in [7, 11) is 3.98. The average Bonchev–Trinajstić information content (AvgIpc) is 2.57. The molecule has 2 rings (SSSR count). The van der Waals surface area contributed by atoms with E-state index in [0.29, 0.717) is 29.8 Å². The number of anilines is 2. The summed E-state index contributed by atoms with van der Waals surface area (Å²) >= 11 is 0. The minimum Gasteiger partial charge on any atom is -0.383 e. The maximum Gasteiger partial charge on any atom is 0.168 e. The van der Waals surface area contributed by atoms with Crippen LogP contribution in [0.25, 0.3) is 0 Å². The van der Waals surface area contributed by atoms with Gasteiger partial charge in [-0.2, -0.15) is 10.4 Å². The molecule has 0 unspecified atom stereocenters. The first-order valence-corrected chi connectivity index (χ1v) is 6.00. The predicted molar refractivity (Wildman–Crippen MR) is 70.2 cm³/mol. The van der Waals surface area contributed by atoms with E-state index in [4.69, 9.17) is 11.0 Å². The molecule has 1 saturated heterocycles. The lowest BCUT2D eigenvalue weighted by Gasteiger charge is -2.27. The Bertz CT molecular complexity index is 453. The van der Waals surface area contributed by atoms with Gasteiger partial charge in [0.05, 0.1) is 12.6 Å². The normalized spacial score (nSPS) is 15.4. The number of rotatable bonds is 5. The average molecular weight is 249 g/mol. The summed E-state index contributed by atoms with van der Waals surface area (Å²) in [5, 5.41) is 19.9. The third-order valence-electron chi connectivity index (χ3n) is 2.98. The first kappa shape index (κ1) is 12.7. The van der Waals surface area contributed by atoms with E-state index < -0.39 is 0 Å². The van der Waals surface area contributed by atoms with E-state index in [0.717, 1.165) is 19.6 Å². The minimum absolute atomic E-state index is 0.341. The number of nitrogens with one attached hydrogen (secondary N) is 2. The second-order valence-electron chi connectivity index (χ2n) is 4.75. The Kier molecular flexibility index (Phi) is 3.69. The standard InChI is InChI=1S/C11H19N7/c1-17(2)3-4-18-10(13)9(5-12)11(16-18)15-8-6-14-7-8/h8,14H,3-4,6-7,13H2,1-2H3,(H,15,16). The highest BCUT2D eigenvalue weighted by Crippen LogP contribution is 2.21. The van der Waals surface area contributed by atoms with Crippen molar-refractivity contribution in [3.63, 3.8) is 0 Å². The number of aromatic nitrogens is 2. The lowest BCUT2D eigenvalue weighted by molar-refractivity contribution is 0.375. The van der Waals surface area contributed by atoms with Gasteiger partial charge in [-0.25, -0.2) is 4.68 Å². The Morgan fingerprint density at radius 2 is 2.33 bits per heavy atom. The number of nitrogens with two attached hydrogens (primary N) is 1. The van der Waals surface area contributed by atoms with Crippen molar-refractivity contribution < 1.29 is 0 Å². The topological polar surface area (TPSA) is 94.9 Å². The van der Waals surface area contributed by atoms with Gasteiger partial charge < -0.3 is 21.3 Å². The highest BCUT2D eigenvalue weighted by Gasteiger charge is 2.21. The SMILES string of the molecule is CN(C)CCn1nc(NC2CNC2)c(C#N)c1N. The van der Waals surface area contributed by atoms with Crippen LogP contribution in [0.2, 0.25) is 0 Å². The summed E-state index contributed by atoms with van der Waals surface area (Å²) in [4.78, 5) is 2.05. The first-order valence-electron chi connectivity index (χ1n) is 6.00. The predicted octanol–water partition coefficient (Wildman–Crippen LogP) is -0.718. The van der Waals surface area contributed by atoms with Crippen LogP contribution in [0.15, 0.2) is 0 Å². The first-order chi connectivity index (χ1) is 8.61. The van der Waals surface area contributed by atoms with Gasteiger partial charge in [0.25, 0.3) is 0 Å². The van der Waals surface area contributed by atoms with E-state index in [1.807, 2.05) is 14.1 Å². The molecular formula is C11H19N7. The molecule has 4 N–H and O–H groups in total. The second-order valence-corrected chi connectivity index (χ2v) is 4.75. The fourth-order valence-corrected chi connectivity index (χ4v) is 1.74. The van der Waals surface area contributed by atoms with Gasteiger partial charge in [-0.1, -0.05) is 0 Å². The largest absolute Gasteiger partial charge is 0.383 e. The second kappa shape index (κ2) is 5.25. The molecule has 0 radical (unpaired) electrons. The fraction of sp³-hybridized carbons (Fsp3) is 0.636. The lowest BCUT2D eigenvalue weighted by atomic mass is 10.2. The Morgan fingerprint density at radius 3 is 2.83 bits per heavy atom. The van der Waals surface area contributed by atoms with Crippen LogP contribution in [-0.4, -0.2) is 54.5 Å². The summed E-state index contributed by atoms with van der Waals surface area (Å²) in [5.74, 6) is 1.04. The van der Waals surface area contributed by atoms with Crippen molar-refractivity contribution in [3.05, 3.63) is 5.56 Å². The number of nitriles is 1. The van der Waals surface area contributed by atoms with E-state index in [9.17, 15) is 0 Å². The van der Waals surface area contributed by atoms with Crippen LogP contribution >= 0.6 is 0 Å². The molecular weight excluding hydrogens is 230 g/mol. The minimum atomic E-state index is 0.341. The Labute approximate surface area is 107 Å². The van der Waals surface area contributed by atoms with Gasteiger partial charge >= 0.3 is 0 Å². The molecule has 1 aliphatic heterocycles. The molecule has 0 atom stereocenters. The van der Waals surface area contributed by atoms with Crippen molar-refractivity contribution in [2.75, 3.05) is 44.8 Å². The molecule has 1 aromatic rings. The molecule has 1 aliphatic rings. The Hall–Kier alpha value is -1.78. The molecule has 7 nitrogen and oxygen atoms in total. The molecule has 98 valence electrons. The Balaban J connectivity index is 2.13. The van der Waals surface area contributed by atoms with Gasteiger partial charge in [0, 0.05) is 19.6 Å². The van der Waals surface area contributed by atoms with Gasteiger partial charge in [0.2, 0.25) is 0 Å². The van der Waals surface area contributed by atoms with E-state index in [-0.39, 0.29) is 0 Å². The number of hydrogen-bond acceptors (Lipinski definition) is 6. The van der Waals surface area contributed by atoms with Crippen LogP contribution in [-0.2, 0) is 6.54 Å². The van der Waals surface area contributed by atoms with Crippen molar-refractivity contribution >= 4 is 11.6 Å². The monoisotopic (exact) mass is 249 g/mol. The molecule has 0 aromatic carbocycles. The summed E-state index contributed by atoms with van der Waals surface area (Å²) in [5.41, 5.74) is 6.38. The highest BCUT2D eigenvalue weighted by atomic mass is 15.4. The van der Waals surface area contributed by atoms with E-state index in [1.54, 1.807) is 4.68 Å². The van der Waals surface area contributed by atoms with Gasteiger partial charge in [0.1, 0.15) is 17.5 Å². The Morgan fingerprint density at radius 1 is 1.61 bits per heavy atom. The number of nitrogens with zero attached hydrogens (tertiary/aromatic N) is 4. The summed E-state index contributed by atoms with van der Waals surface area (Å²) in [6.07, 6.45) is 0. The molecule has 1 fully saturated rings. The summed E-state index contributed by atoms with van der Waals surface area (Å²) < 4.78 is 1.69. The van der Waals surface area contributed by atoms with Gasteiger partial charge in [-0.15, -0.1) is 0 Å². The van der Waals surface area contributed by atoms with Crippen LogP contribution in [0.5, 0.6) is 0 Å². The molecule has 0 saturated carbocycles. The van der Waals surface area contributed by atoms with Crippen molar-refractivity contribution in [1.82, 2.24) is 20.0 Å². The zero-order valence-corrected chi connectivity index (χ0v) is 10.8. The van der Waals surface area contributed by atoms with E-state index >= 15 is 0 Å². The van der Waals surface area contributed by atoms with Crippen LogP contribution in [0.4, 0.5) is 11.6 Å². The summed E-state index contributed by atoms with van der Waals surface area (Å²) in [6.45, 7) is 3.31. The van der Waals surface area contributed by atoms with Crippen molar-refractivity contribution in [2.24, 2.45) is 0 Å². The maximum absolute atomic E-state index is 9.14. The van der Waals surface area contributed by atoms with Crippen LogP contribution in [0, 0.1) is 11.3 Å². The van der Waals surface area contributed by atoms with Crippen LogP contribution in [0.3, 0.4) is 0 Å². The fourth-order valence-electron chi connectivity index (χ4n) is 1.74. The molecule has 2 heterocycles. The molecule has 0 spiro atoms. The molecule has 0 amide bonds. The lowest BCUT2D eigenvalue weighted by Crippen LogP contribution is -2.51. The molecule has 1 aromatic heterocycles. The number of nitrogen functional groups attached to an aromatic ring is 1. The zero-order chi connectivity index (χ0) is 13.1. The number of likely N-dealkylation sites (N-methyl/N-ethyl adjacent to an activating group) is 1. The molecule has 7 heteroatoms. The maximum atomic E-state index is 9.14. The highest BCUT2D eigenvalue weighted by molar-refractivity contribution is 5.64. The van der Waals surface area contributed by atoms with Crippen LogP contribution < -0.4 is 16.4 Å². The smallest absolute Gasteiger partial charge is 0.168 e. The van der Waals surface area contributed by atoms with Crippen LogP contribution in [0.1, 0.15) is 5.56 Å².